The van der Waals surface area contributed by atoms with E-state index in [9.17, 15) is 0 Å². The Bertz CT molecular complexity index is 3970. The van der Waals surface area contributed by atoms with Crippen LogP contribution < -0.4 is 76.5 Å². The van der Waals surface area contributed by atoms with Gasteiger partial charge >= 0.3 is 0 Å². The van der Waals surface area contributed by atoms with E-state index in [-0.39, 0.29) is 0 Å². The average molecular weight is 881 g/mol. The topological polar surface area (TPSA) is 48.5 Å². The van der Waals surface area contributed by atoms with Gasteiger partial charge in [0.2, 0.25) is 0 Å². The number of benzene rings is 8. The molecule has 0 fully saturated rings. The van der Waals surface area contributed by atoms with Crippen molar-refractivity contribution in [2.75, 3.05) is 0 Å². The van der Waals surface area contributed by atoms with Gasteiger partial charge in [0.15, 0.2) is 17.5 Å². The molecule has 318 valence electrons. The predicted octanol–water partition coefficient (Wildman–Crippen LogP) is -11.6. The number of para-hydroxylation sites is 1. The molecule has 11 aromatic rings. The van der Waals surface area contributed by atoms with Crippen LogP contribution in [0.2, 0.25) is 0 Å². The van der Waals surface area contributed by atoms with Crippen LogP contribution in [0.4, 0.5) is 0 Å². The minimum Gasteiger partial charge on any atom is -0.310 e. The second-order valence-corrected chi connectivity index (χ2v) is 20.0. The Kier molecular flexibility index (Phi) is 11.1. The molecule has 19 heteroatoms. The first-order valence-electron chi connectivity index (χ1n) is 24.7. The van der Waals surface area contributed by atoms with E-state index in [1.54, 1.807) is 0 Å². The van der Waals surface area contributed by atoms with E-state index >= 15 is 0 Å². The molecule has 8 aromatic carbocycles. The molecule has 0 saturated carbocycles. The molecule has 0 atom stereocenters. The summed E-state index contributed by atoms with van der Waals surface area (Å²) in [6, 6.07) is 40.2. The minimum atomic E-state index is 0.646. The second kappa shape index (κ2) is 17.0. The maximum absolute atomic E-state index is 5.07. The first-order valence-corrected chi connectivity index (χ1v) is 24.7. The number of hydrogen-bond donors (Lipinski definition) is 0. The van der Waals surface area contributed by atoms with E-state index in [4.69, 9.17) is 15.0 Å². The lowest BCUT2D eigenvalue weighted by atomic mass is 9.61. The molecule has 0 radical (unpaired) electrons. The standard InChI is InChI=1S/C51H47B14N5/c52-31-25(33(54)41(62)45-27(31)29-35(56)37(58)39(60)43(64)47(29)69(45)23-14-8-3-9-15-23)26-32(53)28-30-36(57)38(59)40(61)44(65)48(30)70(46(28)42(63)34(26)55)24-18-16-22(17-19-24)51-67-49(20-10-4-1-5-11-20)66-50(68-51)21-12-6-2-7-13-21/h1-19H,52-65H2. The zero-order valence-electron chi connectivity index (χ0n) is 43.2. The highest BCUT2D eigenvalue weighted by Crippen LogP contribution is 2.33. The second-order valence-electron chi connectivity index (χ2n) is 20.0. The molecule has 70 heavy (non-hydrogen) atoms. The van der Waals surface area contributed by atoms with Crippen molar-refractivity contribution in [3.05, 3.63) is 115 Å². The fourth-order valence-electron chi connectivity index (χ4n) is 12.0. The summed E-state index contributed by atoms with van der Waals surface area (Å²) in [7, 11) is 32.7. The van der Waals surface area contributed by atoms with Crippen LogP contribution in [0.3, 0.4) is 0 Å². The van der Waals surface area contributed by atoms with Crippen LogP contribution in [0.5, 0.6) is 0 Å². The number of aromatic nitrogens is 5. The van der Waals surface area contributed by atoms with Gasteiger partial charge in [-0.25, -0.2) is 15.0 Å². The average Bonchev–Trinajstić information content (AvgIpc) is 3.95. The van der Waals surface area contributed by atoms with Crippen molar-refractivity contribution in [1.29, 1.82) is 0 Å². The van der Waals surface area contributed by atoms with E-state index in [2.05, 4.69) is 198 Å². The Morgan fingerprint density at radius 1 is 0.243 bits per heavy atom. The maximum Gasteiger partial charge on any atom is 0.164 e. The summed E-state index contributed by atoms with van der Waals surface area (Å²) in [5, 5.41) is 5.41. The highest BCUT2D eigenvalue weighted by molar-refractivity contribution is 6.72. The summed E-state index contributed by atoms with van der Waals surface area (Å²) in [4.78, 5) is 15.1. The lowest BCUT2D eigenvalue weighted by Crippen LogP contribution is -2.48. The van der Waals surface area contributed by atoms with Crippen molar-refractivity contribution in [3.63, 3.8) is 0 Å². The molecule has 0 N–H and O–H groups in total. The van der Waals surface area contributed by atoms with Gasteiger partial charge in [0, 0.05) is 60.9 Å². The van der Waals surface area contributed by atoms with Crippen LogP contribution in [-0.2, 0) is 0 Å². The third-order valence-corrected chi connectivity index (χ3v) is 16.6. The zero-order chi connectivity index (χ0) is 49.2. The number of rotatable bonds is 6. The van der Waals surface area contributed by atoms with E-state index in [1.807, 2.05) is 36.4 Å². The molecule has 0 aliphatic heterocycles. The van der Waals surface area contributed by atoms with Gasteiger partial charge in [-0.3, -0.25) is 0 Å². The van der Waals surface area contributed by atoms with Gasteiger partial charge in [0.05, 0.1) is 0 Å². The van der Waals surface area contributed by atoms with Crippen molar-refractivity contribution in [2.45, 2.75) is 0 Å². The van der Waals surface area contributed by atoms with Gasteiger partial charge in [-0.15, -0.1) is 10.9 Å². The summed E-state index contributed by atoms with van der Waals surface area (Å²) >= 11 is 0. The van der Waals surface area contributed by atoms with Crippen molar-refractivity contribution < 1.29 is 0 Å². The van der Waals surface area contributed by atoms with Crippen molar-refractivity contribution in [1.82, 2.24) is 24.1 Å². The van der Waals surface area contributed by atoms with Crippen molar-refractivity contribution in [2.24, 2.45) is 0 Å². The van der Waals surface area contributed by atoms with Gasteiger partial charge in [0.1, 0.15) is 110 Å². The van der Waals surface area contributed by atoms with Crippen LogP contribution in [0.25, 0.3) is 100 Å². The van der Waals surface area contributed by atoms with E-state index in [0.717, 1.165) is 22.4 Å². The number of hydrogen-bond acceptors (Lipinski definition) is 3. The quantitative estimate of drug-likeness (QED) is 0.156. The van der Waals surface area contributed by atoms with Crippen LogP contribution >= 0.6 is 0 Å². The third-order valence-electron chi connectivity index (χ3n) is 16.6. The molecule has 0 saturated heterocycles. The molecule has 0 bridgehead atoms. The van der Waals surface area contributed by atoms with Gasteiger partial charge in [-0.2, -0.15) is 0 Å². The van der Waals surface area contributed by atoms with E-state index in [1.165, 1.54) is 137 Å². The molecular formula is C51H47B14N5. The van der Waals surface area contributed by atoms with Gasteiger partial charge in [0.25, 0.3) is 0 Å². The summed E-state index contributed by atoms with van der Waals surface area (Å²) in [5.74, 6) is 1.96. The van der Waals surface area contributed by atoms with Crippen LogP contribution in [0.15, 0.2) is 115 Å². The Balaban J connectivity index is 1.18. The fourth-order valence-corrected chi connectivity index (χ4v) is 12.0. The first kappa shape index (κ1) is 45.7. The Morgan fingerprint density at radius 2 is 0.514 bits per heavy atom. The van der Waals surface area contributed by atoms with Gasteiger partial charge < -0.3 is 9.13 Å². The van der Waals surface area contributed by atoms with E-state index < -0.39 is 0 Å². The lowest BCUT2D eigenvalue weighted by Gasteiger charge is -2.24. The molecule has 0 aliphatic rings. The molecule has 0 amide bonds. The third kappa shape index (κ3) is 6.63. The molecule has 0 aliphatic carbocycles. The van der Waals surface area contributed by atoms with Crippen molar-refractivity contribution >= 4 is 230 Å². The summed E-state index contributed by atoms with van der Waals surface area (Å²) < 4.78 is 5.12. The zero-order valence-corrected chi connectivity index (χ0v) is 43.2. The van der Waals surface area contributed by atoms with Crippen LogP contribution in [0, 0.1) is 0 Å². The Morgan fingerprint density at radius 3 is 0.871 bits per heavy atom. The molecule has 3 heterocycles. The molecule has 5 nitrogen and oxygen atoms in total. The normalized spacial score (nSPS) is 11.7. The Labute approximate surface area is 423 Å². The Hall–Kier alpha value is -6.72. The lowest BCUT2D eigenvalue weighted by molar-refractivity contribution is 1.07. The number of nitrogens with zero attached hydrogens (tertiary/aromatic N) is 5. The maximum atomic E-state index is 5.07. The monoisotopic (exact) mass is 884 g/mol. The summed E-state index contributed by atoms with van der Waals surface area (Å²) in [6.07, 6.45) is 0. The number of fused-ring (bicyclic) bond motifs is 6. The molecule has 0 spiro atoms. The minimum absolute atomic E-state index is 0.646. The van der Waals surface area contributed by atoms with Gasteiger partial charge in [-0.1, -0.05) is 144 Å². The molecular weight excluding hydrogens is 834 g/mol. The van der Waals surface area contributed by atoms with Gasteiger partial charge in [-0.05, 0) is 58.3 Å². The highest BCUT2D eigenvalue weighted by Gasteiger charge is 2.29. The fraction of sp³-hybridized carbons (Fsp3) is 0. The summed E-state index contributed by atoms with van der Waals surface area (Å²) in [6.45, 7) is 0. The summed E-state index contributed by atoms with van der Waals surface area (Å²) in [5.41, 5.74) is 31.8. The van der Waals surface area contributed by atoms with E-state index in [0.29, 0.717) is 17.5 Å². The highest BCUT2D eigenvalue weighted by atomic mass is 15.0. The predicted molar refractivity (Wildman–Crippen MR) is 345 cm³/mol. The van der Waals surface area contributed by atoms with Crippen LogP contribution in [-0.4, -0.2) is 134 Å². The largest absolute Gasteiger partial charge is 0.310 e. The molecule has 11 rings (SSSR count). The van der Waals surface area contributed by atoms with Crippen LogP contribution in [0.1, 0.15) is 0 Å². The SMILES string of the molecule is Bc1c(B)c(B)c2c(c1B)c1c(B)c(-c3c(B)c(B)c4c(c3B)c3c(B)c(B)c(B)c(B)c3n4-c3ccc(-c4nc(-c5ccccc5)nc(-c5ccccc5)n4)cc3)c(B)c(B)c1n2-c1ccccc1. The molecule has 0 unspecified atom stereocenters. The smallest absolute Gasteiger partial charge is 0.164 e. The first-order chi connectivity index (χ1) is 33.6. The molecule has 3 aromatic heterocycles. The van der Waals surface area contributed by atoms with Crippen molar-refractivity contribution in [3.8, 4) is 56.7 Å².